The fourth-order valence-corrected chi connectivity index (χ4v) is 16.0. The third-order valence-electron chi connectivity index (χ3n) is 12.3. The number of aromatic nitrogens is 4. The van der Waals surface area contributed by atoms with Crippen molar-refractivity contribution in [2.75, 3.05) is 30.6 Å². The van der Waals surface area contributed by atoms with Gasteiger partial charge < -0.3 is 0 Å². The zero-order valence-corrected chi connectivity index (χ0v) is 34.8. The van der Waals surface area contributed by atoms with E-state index >= 15 is 0 Å². The van der Waals surface area contributed by atoms with Crippen LogP contribution in [0.5, 0.6) is 0 Å². The number of anilines is 4. The maximum absolute atomic E-state index is 4.89. The summed E-state index contributed by atoms with van der Waals surface area (Å²) in [5, 5.41) is 14.6. The Morgan fingerprint density at radius 1 is 0.441 bits per heavy atom. The first-order valence-electron chi connectivity index (χ1n) is 19.9. The quantitative estimate of drug-likeness (QED) is 0.163. The van der Waals surface area contributed by atoms with Crippen LogP contribution in [0.25, 0.3) is 43.4 Å². The van der Waals surface area contributed by atoms with Crippen LogP contribution in [0.15, 0.2) is 183 Å². The van der Waals surface area contributed by atoms with Crippen molar-refractivity contribution in [1.82, 2.24) is 19.9 Å². The van der Waals surface area contributed by atoms with Gasteiger partial charge in [-0.15, -0.1) is 0 Å². The maximum atomic E-state index is 4.89. The Bertz CT molecular complexity index is 3070. The van der Waals surface area contributed by atoms with E-state index in [0.717, 1.165) is 33.2 Å². The molecule has 8 aromatic carbocycles. The third kappa shape index (κ3) is 5.78. The number of fused-ring (bicyclic) bond motifs is 8. The molecule has 1 atom stereocenters. The molecule has 1 unspecified atom stereocenters. The van der Waals surface area contributed by atoms with E-state index in [0.29, 0.717) is 0 Å². The fourth-order valence-electron chi connectivity index (χ4n) is 9.19. The summed E-state index contributed by atoms with van der Waals surface area (Å²) >= 11 is 0. The number of benzene rings is 8. The molecule has 0 radical (unpaired) electrons. The van der Waals surface area contributed by atoms with Crippen molar-refractivity contribution in [2.45, 2.75) is 0 Å². The molecule has 59 heavy (non-hydrogen) atoms. The van der Waals surface area contributed by atoms with Crippen LogP contribution in [0.1, 0.15) is 0 Å². The van der Waals surface area contributed by atoms with Crippen LogP contribution in [0, 0.1) is 0 Å². The second-order valence-corrected chi connectivity index (χ2v) is 21.6. The number of rotatable bonds is 2. The van der Waals surface area contributed by atoms with E-state index < -0.39 is 15.2 Å². The number of nitrogens with zero attached hydrogens (tertiary/aromatic N) is 6. The average Bonchev–Trinajstić information content (AvgIpc) is 3.30. The van der Waals surface area contributed by atoms with Crippen LogP contribution in [-0.2, 0) is 0 Å². The average molecular weight is 799 g/mol. The summed E-state index contributed by atoms with van der Waals surface area (Å²) < 4.78 is 0. The van der Waals surface area contributed by atoms with E-state index in [-0.39, 0.29) is 0 Å². The van der Waals surface area contributed by atoms with Crippen molar-refractivity contribution in [3.8, 4) is 0 Å². The molecular formula is C51H40N6P2. The van der Waals surface area contributed by atoms with Crippen LogP contribution < -0.4 is 41.6 Å². The van der Waals surface area contributed by atoms with Crippen LogP contribution >= 0.6 is 15.2 Å². The minimum atomic E-state index is -2.94. The molecule has 0 N–H and O–H groups in total. The van der Waals surface area contributed by atoms with Crippen LogP contribution in [0.2, 0.25) is 0 Å². The Morgan fingerprint density at radius 2 is 0.881 bits per heavy atom. The summed E-state index contributed by atoms with van der Waals surface area (Å²) in [6.07, 6.45) is 7.20. The Morgan fingerprint density at radius 3 is 1.49 bits per heavy atom. The van der Waals surface area contributed by atoms with E-state index in [2.05, 4.69) is 198 Å². The van der Waals surface area contributed by atoms with Gasteiger partial charge in [0, 0.05) is 0 Å². The predicted molar refractivity (Wildman–Crippen MR) is 255 cm³/mol. The van der Waals surface area contributed by atoms with Crippen molar-refractivity contribution >= 4 is 113 Å². The van der Waals surface area contributed by atoms with Gasteiger partial charge in [0.25, 0.3) is 0 Å². The number of hydrogen-bond donors (Lipinski definition) is 0. The zero-order chi connectivity index (χ0) is 39.7. The topological polar surface area (TPSA) is 58.0 Å². The SMILES string of the molecule is CN1c2cc3ccccc3cc2P(c2ccccc2)c2cc3ncncc3cc2N(C)c2cc3cncnc3cc2[PH](C)(c2ccccc2)c2cc3ccccc3cc21. The molecule has 0 saturated heterocycles. The van der Waals surface area contributed by atoms with Crippen LogP contribution in [0.3, 0.4) is 0 Å². The Balaban J connectivity index is 1.37. The minimum absolute atomic E-state index is 0.922. The van der Waals surface area contributed by atoms with Gasteiger partial charge in [-0.3, -0.25) is 0 Å². The molecule has 6 nitrogen and oxygen atoms in total. The molecule has 0 aliphatic carbocycles. The molecule has 0 spiro atoms. The second-order valence-electron chi connectivity index (χ2n) is 15.6. The molecule has 2 aromatic heterocycles. The fraction of sp³-hybridized carbons (Fsp3) is 0.0588. The summed E-state index contributed by atoms with van der Waals surface area (Å²) in [6, 6.07) is 58.9. The first-order chi connectivity index (χ1) is 29.0. The number of hydrogen-bond acceptors (Lipinski definition) is 6. The molecule has 3 heterocycles. The normalized spacial score (nSPS) is 15.5. The van der Waals surface area contributed by atoms with Gasteiger partial charge >= 0.3 is 346 Å². The van der Waals surface area contributed by atoms with Crippen molar-refractivity contribution in [3.63, 3.8) is 0 Å². The molecule has 10 aromatic rings. The Hall–Kier alpha value is -6.58. The molecule has 1 aliphatic rings. The van der Waals surface area contributed by atoms with Gasteiger partial charge in [0.1, 0.15) is 0 Å². The summed E-state index contributed by atoms with van der Waals surface area (Å²) in [5.41, 5.74) is 6.48. The van der Waals surface area contributed by atoms with E-state index in [1.54, 1.807) is 12.7 Å². The zero-order valence-electron chi connectivity index (χ0n) is 33.0. The third-order valence-corrected chi connectivity index (χ3v) is 19.2. The predicted octanol–water partition coefficient (Wildman–Crippen LogP) is 9.14. The van der Waals surface area contributed by atoms with Crippen molar-refractivity contribution in [2.24, 2.45) is 0 Å². The molecule has 0 fully saturated rings. The van der Waals surface area contributed by atoms with Crippen molar-refractivity contribution < 1.29 is 0 Å². The van der Waals surface area contributed by atoms with E-state index in [9.17, 15) is 0 Å². The van der Waals surface area contributed by atoms with Crippen molar-refractivity contribution in [3.05, 3.63) is 183 Å². The van der Waals surface area contributed by atoms with Gasteiger partial charge in [-0.2, -0.15) is 0 Å². The van der Waals surface area contributed by atoms with Crippen molar-refractivity contribution in [1.29, 1.82) is 0 Å². The second kappa shape index (κ2) is 14.1. The van der Waals surface area contributed by atoms with Gasteiger partial charge in [-0.25, -0.2) is 0 Å². The first-order valence-corrected chi connectivity index (χ1v) is 23.7. The first kappa shape index (κ1) is 35.6. The van der Waals surface area contributed by atoms with Gasteiger partial charge in [-0.1, -0.05) is 0 Å². The van der Waals surface area contributed by atoms with E-state index in [4.69, 9.17) is 9.97 Å². The van der Waals surface area contributed by atoms with Crippen LogP contribution in [-0.4, -0.2) is 40.7 Å². The molecule has 0 saturated carbocycles. The summed E-state index contributed by atoms with van der Waals surface area (Å²) in [5.74, 6) is 0. The summed E-state index contributed by atoms with van der Waals surface area (Å²) in [4.78, 5) is 23.7. The standard InChI is InChI=1S/C51H40N6P2/c1-56-44-22-34-14-10-12-16-36(34)26-48(44)58(40-18-6-4-7-19-40)49-28-42-38(30-52-32-54-42)24-45(49)57(2)47-25-39-31-53-33-55-43(39)29-51(47)59(3,41-20-8-5-9-21-41)50-27-37-17-13-11-15-35(37)23-46(50)56/h4-33,59H,1-3H3. The van der Waals surface area contributed by atoms with Gasteiger partial charge in [-0.05, 0) is 0 Å². The molecule has 0 amide bonds. The summed E-state index contributed by atoms with van der Waals surface area (Å²) in [7, 11) is 0.410. The van der Waals surface area contributed by atoms with E-state index in [1.165, 1.54) is 64.7 Å². The van der Waals surface area contributed by atoms with Gasteiger partial charge in [0.05, 0.1) is 0 Å². The van der Waals surface area contributed by atoms with E-state index in [1.807, 2.05) is 12.4 Å². The molecule has 11 rings (SSSR count). The molecule has 284 valence electrons. The molecule has 8 heteroatoms. The molecular weight excluding hydrogens is 759 g/mol. The van der Waals surface area contributed by atoms with Crippen LogP contribution in [0.4, 0.5) is 22.7 Å². The van der Waals surface area contributed by atoms with Gasteiger partial charge in [0.15, 0.2) is 0 Å². The Kier molecular flexibility index (Phi) is 8.48. The molecule has 0 bridgehead atoms. The Labute approximate surface area is 345 Å². The monoisotopic (exact) mass is 798 g/mol. The summed E-state index contributed by atoms with van der Waals surface area (Å²) in [6.45, 7) is 2.53. The van der Waals surface area contributed by atoms with Gasteiger partial charge in [0.2, 0.25) is 0 Å². The molecule has 1 aliphatic heterocycles.